The summed E-state index contributed by atoms with van der Waals surface area (Å²) in [4.78, 5) is 21.1. The van der Waals surface area contributed by atoms with E-state index in [9.17, 15) is 18.0 Å². The molecule has 0 spiro atoms. The molecule has 0 aliphatic rings. The minimum Gasteiger partial charge on any atom is -0.481 e. The Balaban J connectivity index is 3.06. The van der Waals surface area contributed by atoms with Gasteiger partial charge < -0.3 is 10.2 Å². The van der Waals surface area contributed by atoms with Gasteiger partial charge in [-0.15, -0.1) is 0 Å². The number of hydrogen-bond acceptors (Lipinski definition) is 4. The molecule has 0 saturated heterocycles. The Hall–Kier alpha value is -1.16. The lowest BCUT2D eigenvalue weighted by Gasteiger charge is -2.13. The fourth-order valence-corrected chi connectivity index (χ4v) is 3.12. The maximum absolute atomic E-state index is 12.0. The Morgan fingerprint density at radius 1 is 1.35 bits per heavy atom. The maximum atomic E-state index is 12.0. The van der Waals surface area contributed by atoms with Crippen LogP contribution in [0.5, 0.6) is 0 Å². The second-order valence-electron chi connectivity index (χ2n) is 3.69. The molecule has 3 N–H and O–H groups in total. The van der Waals surface area contributed by atoms with Crippen LogP contribution in [-0.4, -0.2) is 36.6 Å². The van der Waals surface area contributed by atoms with Gasteiger partial charge in [0.05, 0.1) is 16.3 Å². The molecule has 0 radical (unpaired) electrons. The van der Waals surface area contributed by atoms with E-state index in [1.807, 2.05) is 4.72 Å². The second-order valence-corrected chi connectivity index (χ2v) is 6.66. The van der Waals surface area contributed by atoms with Crippen molar-refractivity contribution in [3.63, 3.8) is 0 Å². The minimum absolute atomic E-state index is 0.231. The average molecular weight is 387 g/mol. The van der Waals surface area contributed by atoms with Crippen molar-refractivity contribution in [2.24, 2.45) is 0 Å². The quantitative estimate of drug-likeness (QED) is 0.678. The lowest BCUT2D eigenvalue weighted by Crippen LogP contribution is -2.42. The summed E-state index contributed by atoms with van der Waals surface area (Å²) in [6.07, 6.45) is -0.872. The van der Waals surface area contributed by atoms with E-state index >= 15 is 0 Å². The summed E-state index contributed by atoms with van der Waals surface area (Å²) in [5.74, 6) is -3.01. The maximum Gasteiger partial charge on any atom is 0.322 e. The minimum atomic E-state index is -4.17. The first-order valence-electron chi connectivity index (χ1n) is 5.05. The lowest BCUT2D eigenvalue weighted by molar-refractivity contribution is -0.145. The van der Waals surface area contributed by atoms with Crippen LogP contribution >= 0.6 is 27.5 Å². The zero-order valence-corrected chi connectivity index (χ0v) is 12.9. The van der Waals surface area contributed by atoms with Crippen molar-refractivity contribution in [3.05, 3.63) is 27.7 Å². The van der Waals surface area contributed by atoms with E-state index in [0.717, 1.165) is 0 Å². The molecule has 0 heterocycles. The van der Waals surface area contributed by atoms with Gasteiger partial charge in [-0.05, 0) is 34.1 Å². The third-order valence-corrected chi connectivity index (χ3v) is 4.86. The molecule has 10 heteroatoms. The highest BCUT2D eigenvalue weighted by atomic mass is 79.9. The first-order chi connectivity index (χ1) is 9.13. The van der Waals surface area contributed by atoms with Crippen LogP contribution in [0.15, 0.2) is 27.6 Å². The van der Waals surface area contributed by atoms with E-state index in [0.29, 0.717) is 4.47 Å². The van der Waals surface area contributed by atoms with Crippen LogP contribution in [0, 0.1) is 0 Å². The highest BCUT2D eigenvalue weighted by Crippen LogP contribution is 2.25. The molecule has 1 atom stereocenters. The van der Waals surface area contributed by atoms with E-state index in [-0.39, 0.29) is 9.92 Å². The SMILES string of the molecule is O=C(O)CC(NS(=O)(=O)c1ccc(Cl)c(Br)c1)C(=O)O. The van der Waals surface area contributed by atoms with Crippen LogP contribution in [0.2, 0.25) is 5.02 Å². The fraction of sp³-hybridized carbons (Fsp3) is 0.200. The van der Waals surface area contributed by atoms with Gasteiger partial charge >= 0.3 is 11.9 Å². The van der Waals surface area contributed by atoms with Crippen molar-refractivity contribution >= 4 is 49.5 Å². The van der Waals surface area contributed by atoms with Crippen molar-refractivity contribution in [3.8, 4) is 0 Å². The first-order valence-corrected chi connectivity index (χ1v) is 7.71. The number of carbonyl (C=O) groups is 2. The van der Waals surface area contributed by atoms with E-state index < -0.39 is 34.4 Å². The summed E-state index contributed by atoms with van der Waals surface area (Å²) < 4.78 is 26.0. The Labute approximate surface area is 127 Å². The van der Waals surface area contributed by atoms with Gasteiger partial charge in [0.25, 0.3) is 0 Å². The molecule has 0 aromatic heterocycles. The van der Waals surface area contributed by atoms with Crippen molar-refractivity contribution in [2.75, 3.05) is 0 Å². The zero-order chi connectivity index (χ0) is 15.5. The molecular formula is C10H9BrClNO6S. The number of carboxylic acid groups (broad SMARTS) is 2. The van der Waals surface area contributed by atoms with Crippen LogP contribution < -0.4 is 4.72 Å². The molecule has 1 aromatic carbocycles. The summed E-state index contributed by atoms with van der Waals surface area (Å²) in [5, 5.41) is 17.6. The normalized spacial score (nSPS) is 12.9. The Bertz CT molecular complexity index is 647. The molecule has 7 nitrogen and oxygen atoms in total. The monoisotopic (exact) mass is 385 g/mol. The summed E-state index contributed by atoms with van der Waals surface area (Å²) in [7, 11) is -4.17. The molecule has 0 fully saturated rings. The van der Waals surface area contributed by atoms with Crippen molar-refractivity contribution in [2.45, 2.75) is 17.4 Å². The molecule has 0 aliphatic carbocycles. The van der Waals surface area contributed by atoms with Crippen molar-refractivity contribution in [1.29, 1.82) is 0 Å². The van der Waals surface area contributed by atoms with Crippen molar-refractivity contribution in [1.82, 2.24) is 4.72 Å². The van der Waals surface area contributed by atoms with Crippen LogP contribution in [0.1, 0.15) is 6.42 Å². The van der Waals surface area contributed by atoms with Gasteiger partial charge in [0.2, 0.25) is 10.0 Å². The molecule has 1 rings (SSSR count). The second kappa shape index (κ2) is 6.53. The lowest BCUT2D eigenvalue weighted by atomic mass is 10.2. The summed E-state index contributed by atoms with van der Waals surface area (Å²) in [6.45, 7) is 0. The molecule has 20 heavy (non-hydrogen) atoms. The number of nitrogens with one attached hydrogen (secondary N) is 1. The zero-order valence-electron chi connectivity index (χ0n) is 9.71. The Kier molecular flexibility index (Phi) is 5.51. The standard InChI is InChI=1S/C10H9BrClNO6S/c11-6-3-5(1-2-7(6)12)20(18,19)13-8(10(16)17)4-9(14)15/h1-3,8,13H,4H2,(H,14,15)(H,16,17). The third kappa shape index (κ3) is 4.44. The number of sulfonamides is 1. The van der Waals surface area contributed by atoms with E-state index in [1.54, 1.807) is 0 Å². The predicted molar refractivity (Wildman–Crippen MR) is 73.2 cm³/mol. The number of carboxylic acids is 2. The summed E-state index contributed by atoms with van der Waals surface area (Å²) >= 11 is 8.76. The van der Waals surface area contributed by atoms with E-state index in [4.69, 9.17) is 21.8 Å². The number of halogens is 2. The largest absolute Gasteiger partial charge is 0.481 e. The van der Waals surface area contributed by atoms with Gasteiger partial charge in [-0.25, -0.2) is 8.42 Å². The van der Waals surface area contributed by atoms with Crippen LogP contribution in [-0.2, 0) is 19.6 Å². The number of hydrogen-bond donors (Lipinski definition) is 3. The van der Waals surface area contributed by atoms with Crippen LogP contribution in [0.4, 0.5) is 0 Å². The average Bonchev–Trinajstić information content (AvgIpc) is 2.30. The topological polar surface area (TPSA) is 121 Å². The van der Waals surface area contributed by atoms with Gasteiger partial charge in [0, 0.05) is 4.47 Å². The predicted octanol–water partition coefficient (Wildman–Crippen LogP) is 1.31. The smallest absolute Gasteiger partial charge is 0.322 e. The molecular weight excluding hydrogens is 378 g/mol. The number of aliphatic carboxylic acids is 2. The Morgan fingerprint density at radius 2 is 1.95 bits per heavy atom. The molecule has 0 aliphatic heterocycles. The third-order valence-electron chi connectivity index (χ3n) is 2.18. The van der Waals surface area contributed by atoms with Crippen LogP contribution in [0.25, 0.3) is 0 Å². The van der Waals surface area contributed by atoms with Gasteiger partial charge in [0.1, 0.15) is 6.04 Å². The molecule has 1 aromatic rings. The van der Waals surface area contributed by atoms with Crippen molar-refractivity contribution < 1.29 is 28.2 Å². The highest BCUT2D eigenvalue weighted by Gasteiger charge is 2.27. The van der Waals surface area contributed by atoms with Gasteiger partial charge in [-0.1, -0.05) is 11.6 Å². The van der Waals surface area contributed by atoms with Crippen LogP contribution in [0.3, 0.4) is 0 Å². The van der Waals surface area contributed by atoms with Gasteiger partial charge in [0.15, 0.2) is 0 Å². The molecule has 0 amide bonds. The van der Waals surface area contributed by atoms with E-state index in [2.05, 4.69) is 15.9 Å². The first kappa shape index (κ1) is 16.9. The Morgan fingerprint density at radius 3 is 2.40 bits per heavy atom. The van der Waals surface area contributed by atoms with Gasteiger partial charge in [-0.2, -0.15) is 4.72 Å². The van der Waals surface area contributed by atoms with Gasteiger partial charge in [-0.3, -0.25) is 9.59 Å². The molecule has 110 valence electrons. The number of benzene rings is 1. The summed E-state index contributed by atoms with van der Waals surface area (Å²) in [5.41, 5.74) is 0. The molecule has 0 bridgehead atoms. The fourth-order valence-electron chi connectivity index (χ4n) is 1.25. The number of rotatable bonds is 6. The highest BCUT2D eigenvalue weighted by molar-refractivity contribution is 9.10. The molecule has 1 unspecified atom stereocenters. The van der Waals surface area contributed by atoms with E-state index in [1.165, 1.54) is 18.2 Å². The molecule has 0 saturated carbocycles. The summed E-state index contributed by atoms with van der Waals surface area (Å²) in [6, 6.07) is 1.92.